The quantitative estimate of drug-likeness (QED) is 0.528. The second-order valence-electron chi connectivity index (χ2n) is 6.94. The van der Waals surface area contributed by atoms with Crippen molar-refractivity contribution in [2.24, 2.45) is 0 Å². The van der Waals surface area contributed by atoms with Crippen molar-refractivity contribution in [3.8, 4) is 5.69 Å². The molecule has 3 aromatic rings. The molecule has 1 N–H and O–H groups in total. The molecule has 0 aliphatic heterocycles. The molecular formula is C24H28N4O3. The number of likely N-dealkylation sites (N-methyl/N-ethyl adjacent to an activating group) is 1. The van der Waals surface area contributed by atoms with Crippen LogP contribution < -0.4 is 5.32 Å². The van der Waals surface area contributed by atoms with Crippen LogP contribution in [0.1, 0.15) is 42.9 Å². The number of anilines is 1. The monoisotopic (exact) mass is 420 g/mol. The number of ether oxygens (including phenoxy) is 1. The van der Waals surface area contributed by atoms with E-state index in [9.17, 15) is 9.59 Å². The summed E-state index contributed by atoms with van der Waals surface area (Å²) in [5, 5.41) is 7.31. The molecule has 2 aromatic carbocycles. The minimum Gasteiger partial charge on any atom is -0.461 e. The summed E-state index contributed by atoms with van der Waals surface area (Å²) in [6, 6.07) is 18.3. The number of nitrogens with one attached hydrogen (secondary N) is 1. The van der Waals surface area contributed by atoms with Gasteiger partial charge in [0.15, 0.2) is 5.69 Å². The second-order valence-corrected chi connectivity index (χ2v) is 6.94. The van der Waals surface area contributed by atoms with Crippen LogP contribution in [0.15, 0.2) is 66.9 Å². The van der Waals surface area contributed by atoms with E-state index in [0.29, 0.717) is 12.3 Å². The van der Waals surface area contributed by atoms with Crippen molar-refractivity contribution in [2.75, 3.05) is 25.0 Å². The smallest absolute Gasteiger partial charge is 0.358 e. The number of rotatable bonds is 9. The lowest BCUT2D eigenvalue weighted by Gasteiger charge is -2.29. The van der Waals surface area contributed by atoms with Crippen molar-refractivity contribution < 1.29 is 14.3 Å². The van der Waals surface area contributed by atoms with Gasteiger partial charge in [0.2, 0.25) is 5.91 Å². The van der Waals surface area contributed by atoms with Gasteiger partial charge in [-0.2, -0.15) is 5.10 Å². The van der Waals surface area contributed by atoms with Crippen molar-refractivity contribution in [3.05, 3.63) is 78.1 Å². The van der Waals surface area contributed by atoms with Crippen LogP contribution in [0.4, 0.5) is 5.69 Å². The van der Waals surface area contributed by atoms with Crippen LogP contribution in [0.25, 0.3) is 5.69 Å². The molecular weight excluding hydrogens is 392 g/mol. The first-order valence-electron chi connectivity index (χ1n) is 10.5. The van der Waals surface area contributed by atoms with Crippen molar-refractivity contribution >= 4 is 17.6 Å². The van der Waals surface area contributed by atoms with Crippen LogP contribution in [-0.4, -0.2) is 46.3 Å². The highest BCUT2D eigenvalue weighted by molar-refractivity contribution is 5.95. The lowest BCUT2D eigenvalue weighted by molar-refractivity contribution is -0.121. The summed E-state index contributed by atoms with van der Waals surface area (Å²) in [5.74, 6) is -0.560. The maximum absolute atomic E-state index is 13.2. The number of aromatic nitrogens is 2. The molecule has 0 saturated heterocycles. The fourth-order valence-electron chi connectivity index (χ4n) is 3.47. The van der Waals surface area contributed by atoms with Crippen LogP contribution in [0.2, 0.25) is 0 Å². The normalized spacial score (nSPS) is 11.9. The number of amides is 1. The molecule has 0 saturated carbocycles. The molecule has 1 atom stereocenters. The van der Waals surface area contributed by atoms with Gasteiger partial charge >= 0.3 is 5.97 Å². The SMILES string of the molecule is CCOC(=O)c1ccn(-c2cccc(NC(=O)C(c3ccccc3)N(CC)CC)c2)n1. The van der Waals surface area contributed by atoms with Crippen molar-refractivity contribution in [2.45, 2.75) is 26.8 Å². The molecule has 0 bridgehead atoms. The maximum Gasteiger partial charge on any atom is 0.358 e. The molecule has 1 amide bonds. The molecule has 7 nitrogen and oxygen atoms in total. The number of benzene rings is 2. The molecule has 31 heavy (non-hydrogen) atoms. The van der Waals surface area contributed by atoms with E-state index in [4.69, 9.17) is 4.74 Å². The number of esters is 1. The third kappa shape index (κ3) is 5.38. The average Bonchev–Trinajstić information content (AvgIpc) is 3.29. The molecule has 0 spiro atoms. The van der Waals surface area contributed by atoms with E-state index in [1.807, 2.05) is 68.4 Å². The highest BCUT2D eigenvalue weighted by Gasteiger charge is 2.25. The predicted molar refractivity (Wildman–Crippen MR) is 120 cm³/mol. The lowest BCUT2D eigenvalue weighted by atomic mass is 10.0. The van der Waals surface area contributed by atoms with Gasteiger partial charge in [-0.1, -0.05) is 50.2 Å². The van der Waals surface area contributed by atoms with Crippen LogP contribution in [0, 0.1) is 0 Å². The van der Waals surface area contributed by atoms with Gasteiger partial charge < -0.3 is 10.1 Å². The molecule has 0 aliphatic carbocycles. The summed E-state index contributed by atoms with van der Waals surface area (Å²) in [6.07, 6.45) is 1.69. The molecule has 1 unspecified atom stereocenters. The highest BCUT2D eigenvalue weighted by Crippen LogP contribution is 2.23. The lowest BCUT2D eigenvalue weighted by Crippen LogP contribution is -2.37. The first kappa shape index (κ1) is 22.2. The molecule has 1 aromatic heterocycles. The van der Waals surface area contributed by atoms with E-state index < -0.39 is 5.97 Å². The Balaban J connectivity index is 1.82. The summed E-state index contributed by atoms with van der Waals surface area (Å²) in [4.78, 5) is 27.2. The first-order chi connectivity index (χ1) is 15.1. The third-order valence-electron chi connectivity index (χ3n) is 4.99. The largest absolute Gasteiger partial charge is 0.461 e. The van der Waals surface area contributed by atoms with Gasteiger partial charge in [0, 0.05) is 11.9 Å². The predicted octanol–water partition coefficient (Wildman–Crippen LogP) is 4.07. The first-order valence-corrected chi connectivity index (χ1v) is 10.5. The van der Waals surface area contributed by atoms with Crippen molar-refractivity contribution in [3.63, 3.8) is 0 Å². The minimum atomic E-state index is -0.462. The van der Waals surface area contributed by atoms with Gasteiger partial charge in [0.05, 0.1) is 12.3 Å². The number of carbonyl (C=O) groups is 2. The summed E-state index contributed by atoms with van der Waals surface area (Å²) < 4.78 is 6.57. The number of nitrogens with zero attached hydrogens (tertiary/aromatic N) is 3. The van der Waals surface area contributed by atoms with Gasteiger partial charge in [0.25, 0.3) is 0 Å². The zero-order valence-corrected chi connectivity index (χ0v) is 18.1. The van der Waals surface area contributed by atoms with E-state index in [-0.39, 0.29) is 17.6 Å². The molecule has 1 heterocycles. The Kier molecular flexibility index (Phi) is 7.56. The van der Waals surface area contributed by atoms with Crippen LogP contribution >= 0.6 is 0 Å². The summed E-state index contributed by atoms with van der Waals surface area (Å²) in [7, 11) is 0. The summed E-state index contributed by atoms with van der Waals surface area (Å²) in [5.41, 5.74) is 2.57. The second kappa shape index (κ2) is 10.5. The van der Waals surface area contributed by atoms with E-state index in [2.05, 4.69) is 15.3 Å². The number of hydrogen-bond donors (Lipinski definition) is 1. The Bertz CT molecular complexity index is 1010. The average molecular weight is 421 g/mol. The zero-order chi connectivity index (χ0) is 22.2. The standard InChI is InChI=1S/C24H28N4O3/c1-4-27(5-2)22(18-11-8-7-9-12-18)23(29)25-19-13-10-14-20(17-19)28-16-15-21(26-28)24(30)31-6-3/h7-17,22H,4-6H2,1-3H3,(H,25,29). The van der Waals surface area contributed by atoms with E-state index in [0.717, 1.165) is 24.3 Å². The number of carbonyl (C=O) groups excluding carboxylic acids is 2. The van der Waals surface area contributed by atoms with E-state index in [1.165, 1.54) is 0 Å². The van der Waals surface area contributed by atoms with Crippen LogP contribution in [-0.2, 0) is 9.53 Å². The topological polar surface area (TPSA) is 76.5 Å². The Hall–Kier alpha value is -3.45. The molecule has 162 valence electrons. The fourth-order valence-corrected chi connectivity index (χ4v) is 3.47. The van der Waals surface area contributed by atoms with E-state index in [1.54, 1.807) is 23.9 Å². The fraction of sp³-hybridized carbons (Fsp3) is 0.292. The van der Waals surface area contributed by atoms with Crippen LogP contribution in [0.3, 0.4) is 0 Å². The van der Waals surface area contributed by atoms with Crippen molar-refractivity contribution in [1.29, 1.82) is 0 Å². The number of hydrogen-bond acceptors (Lipinski definition) is 5. The minimum absolute atomic E-state index is 0.0975. The van der Waals surface area contributed by atoms with Crippen molar-refractivity contribution in [1.82, 2.24) is 14.7 Å². The van der Waals surface area contributed by atoms with Gasteiger partial charge in [-0.15, -0.1) is 0 Å². The Morgan fingerprint density at radius 2 is 1.77 bits per heavy atom. The Morgan fingerprint density at radius 3 is 2.45 bits per heavy atom. The maximum atomic E-state index is 13.2. The molecule has 0 aliphatic rings. The van der Waals surface area contributed by atoms with Gasteiger partial charge in [-0.3, -0.25) is 9.69 Å². The van der Waals surface area contributed by atoms with Gasteiger partial charge in [0.1, 0.15) is 6.04 Å². The highest BCUT2D eigenvalue weighted by atomic mass is 16.5. The summed E-state index contributed by atoms with van der Waals surface area (Å²) in [6.45, 7) is 7.66. The molecule has 3 rings (SSSR count). The zero-order valence-electron chi connectivity index (χ0n) is 18.1. The van der Waals surface area contributed by atoms with E-state index >= 15 is 0 Å². The Labute approximate surface area is 182 Å². The van der Waals surface area contributed by atoms with Crippen LogP contribution in [0.5, 0.6) is 0 Å². The molecule has 0 radical (unpaired) electrons. The Morgan fingerprint density at radius 1 is 1.03 bits per heavy atom. The van der Waals surface area contributed by atoms with Gasteiger partial charge in [-0.25, -0.2) is 9.48 Å². The molecule has 0 fully saturated rings. The third-order valence-corrected chi connectivity index (χ3v) is 4.99. The summed E-state index contributed by atoms with van der Waals surface area (Å²) >= 11 is 0. The van der Waals surface area contributed by atoms with Gasteiger partial charge in [-0.05, 0) is 49.8 Å². The molecule has 7 heteroatoms.